The van der Waals surface area contributed by atoms with Crippen molar-refractivity contribution in [1.29, 1.82) is 0 Å². The van der Waals surface area contributed by atoms with E-state index >= 15 is 0 Å². The zero-order chi connectivity index (χ0) is 21.3. The molecule has 160 valence electrons. The largest absolute Gasteiger partial charge is 0.471 e. The van der Waals surface area contributed by atoms with Gasteiger partial charge >= 0.3 is 0 Å². The number of nitrogens with two attached hydrogens (primary N) is 1. The van der Waals surface area contributed by atoms with Crippen molar-refractivity contribution in [3.8, 4) is 5.75 Å². The number of halogens is 1. The van der Waals surface area contributed by atoms with Crippen LogP contribution in [0.1, 0.15) is 32.6 Å². The summed E-state index contributed by atoms with van der Waals surface area (Å²) in [5.41, 5.74) is 9.65. The van der Waals surface area contributed by atoms with Crippen LogP contribution in [0.15, 0.2) is 52.4 Å². The standard InChI is InChI=1S/C21H25FN4O3S/c1-14(15-4-2-5-16(23)10-15)12-26-13-29-19-11-17(8-9-18(19)26)30(27,28)25-21-7-3-6-20(22)24-21/h3,6-9,11,16H,2,4-5,10,12-13,23H2,1H3,(H,24,25). The zero-order valence-electron chi connectivity index (χ0n) is 16.8. The fourth-order valence-corrected chi connectivity index (χ4v) is 4.95. The number of benzene rings is 1. The average molecular weight is 433 g/mol. The van der Waals surface area contributed by atoms with E-state index in [1.807, 2.05) is 0 Å². The van der Waals surface area contributed by atoms with E-state index in [2.05, 4.69) is 21.5 Å². The Labute approximate surface area is 175 Å². The summed E-state index contributed by atoms with van der Waals surface area (Å²) in [4.78, 5) is 5.65. The molecular formula is C21H25FN4O3S. The number of pyridine rings is 1. The predicted octanol–water partition coefficient (Wildman–Crippen LogP) is 3.40. The van der Waals surface area contributed by atoms with Crippen LogP contribution in [0.5, 0.6) is 5.75 Å². The Morgan fingerprint density at radius 2 is 2.20 bits per heavy atom. The van der Waals surface area contributed by atoms with Crippen molar-refractivity contribution in [3.63, 3.8) is 0 Å². The molecule has 0 bridgehead atoms. The summed E-state index contributed by atoms with van der Waals surface area (Å²) >= 11 is 0. The summed E-state index contributed by atoms with van der Waals surface area (Å²) in [5, 5.41) is 0. The van der Waals surface area contributed by atoms with E-state index in [1.54, 1.807) is 6.07 Å². The average Bonchev–Trinajstić information content (AvgIpc) is 3.10. The third kappa shape index (κ3) is 4.41. The number of ether oxygens (including phenoxy) is 1. The molecule has 0 amide bonds. The Kier molecular flexibility index (Phi) is 5.66. The van der Waals surface area contributed by atoms with Gasteiger partial charge < -0.3 is 15.4 Å². The Morgan fingerprint density at radius 3 is 2.97 bits per heavy atom. The molecule has 1 fully saturated rings. The minimum Gasteiger partial charge on any atom is -0.471 e. The molecule has 0 spiro atoms. The van der Waals surface area contributed by atoms with Crippen LogP contribution in [0.25, 0.3) is 0 Å². The maximum Gasteiger partial charge on any atom is 0.263 e. The Hall–Kier alpha value is -2.65. The second kappa shape index (κ2) is 8.23. The van der Waals surface area contributed by atoms with Crippen LogP contribution in [0.3, 0.4) is 0 Å². The first-order chi connectivity index (χ1) is 14.3. The molecule has 7 nitrogen and oxygen atoms in total. The molecule has 1 aliphatic heterocycles. The van der Waals surface area contributed by atoms with Crippen LogP contribution in [0, 0.1) is 5.95 Å². The van der Waals surface area contributed by atoms with Crippen LogP contribution >= 0.6 is 0 Å². The van der Waals surface area contributed by atoms with E-state index in [9.17, 15) is 12.8 Å². The van der Waals surface area contributed by atoms with Crippen molar-refractivity contribution >= 4 is 21.5 Å². The van der Waals surface area contributed by atoms with Gasteiger partial charge in [0.05, 0.1) is 10.6 Å². The molecule has 4 rings (SSSR count). The number of hydrogen-bond acceptors (Lipinski definition) is 6. The number of sulfonamides is 1. The normalized spacial score (nSPS) is 20.5. The molecule has 1 atom stereocenters. The van der Waals surface area contributed by atoms with Crippen molar-refractivity contribution in [1.82, 2.24) is 4.98 Å². The van der Waals surface area contributed by atoms with Gasteiger partial charge in [-0.2, -0.15) is 4.39 Å². The minimum atomic E-state index is -3.92. The highest BCUT2D eigenvalue weighted by molar-refractivity contribution is 7.92. The molecule has 0 radical (unpaired) electrons. The topological polar surface area (TPSA) is 97.5 Å². The van der Waals surface area contributed by atoms with Crippen LogP contribution in [0.4, 0.5) is 15.9 Å². The monoisotopic (exact) mass is 432 g/mol. The molecule has 0 saturated heterocycles. The lowest BCUT2D eigenvalue weighted by molar-refractivity contribution is 0.348. The Bertz CT molecular complexity index is 1090. The molecule has 3 N–H and O–H groups in total. The van der Waals surface area contributed by atoms with Crippen LogP contribution in [-0.2, 0) is 10.0 Å². The van der Waals surface area contributed by atoms with Crippen LogP contribution in [0.2, 0.25) is 0 Å². The number of rotatable bonds is 5. The SMILES string of the molecule is CC(CN1COc2cc(S(=O)(=O)Nc3cccc(F)n3)ccc21)=C1CCCC(N)C1. The summed E-state index contributed by atoms with van der Waals surface area (Å²) < 4.78 is 46.6. The molecule has 2 aliphatic rings. The van der Waals surface area contributed by atoms with E-state index in [0.29, 0.717) is 19.0 Å². The summed E-state index contributed by atoms with van der Waals surface area (Å²) in [6, 6.07) is 8.89. The molecule has 1 aliphatic carbocycles. The van der Waals surface area contributed by atoms with Crippen molar-refractivity contribution in [2.45, 2.75) is 43.5 Å². The number of nitrogens with one attached hydrogen (secondary N) is 1. The highest BCUT2D eigenvalue weighted by Gasteiger charge is 2.25. The highest BCUT2D eigenvalue weighted by Crippen LogP contribution is 2.37. The van der Waals surface area contributed by atoms with E-state index in [4.69, 9.17) is 10.5 Å². The second-order valence-electron chi connectivity index (χ2n) is 7.79. The highest BCUT2D eigenvalue weighted by atomic mass is 32.2. The number of anilines is 2. The molecule has 30 heavy (non-hydrogen) atoms. The number of aromatic nitrogens is 1. The number of fused-ring (bicyclic) bond motifs is 1. The maximum absolute atomic E-state index is 13.2. The van der Waals surface area contributed by atoms with Gasteiger partial charge in [-0.25, -0.2) is 13.4 Å². The summed E-state index contributed by atoms with van der Waals surface area (Å²) in [6.45, 7) is 3.20. The number of nitrogens with zero attached hydrogens (tertiary/aromatic N) is 2. The van der Waals surface area contributed by atoms with Crippen molar-refractivity contribution in [2.75, 3.05) is 22.9 Å². The summed E-state index contributed by atoms with van der Waals surface area (Å²) in [7, 11) is -3.92. The van der Waals surface area contributed by atoms with E-state index in [-0.39, 0.29) is 16.8 Å². The third-order valence-corrected chi connectivity index (χ3v) is 6.86. The molecule has 1 unspecified atom stereocenters. The van der Waals surface area contributed by atoms with Gasteiger partial charge in [-0.1, -0.05) is 17.2 Å². The van der Waals surface area contributed by atoms with E-state index in [1.165, 1.54) is 35.4 Å². The molecule has 2 aromatic rings. The Morgan fingerprint density at radius 1 is 1.37 bits per heavy atom. The van der Waals surface area contributed by atoms with Gasteiger partial charge in [0.15, 0.2) is 6.73 Å². The van der Waals surface area contributed by atoms with Gasteiger partial charge in [-0.05, 0) is 56.9 Å². The van der Waals surface area contributed by atoms with Gasteiger partial charge in [-0.3, -0.25) is 4.72 Å². The zero-order valence-corrected chi connectivity index (χ0v) is 17.6. The van der Waals surface area contributed by atoms with Gasteiger partial charge in [-0.15, -0.1) is 0 Å². The van der Waals surface area contributed by atoms with E-state index < -0.39 is 16.0 Å². The minimum absolute atomic E-state index is 0.0301. The third-order valence-electron chi connectivity index (χ3n) is 5.51. The van der Waals surface area contributed by atoms with Gasteiger partial charge in [0, 0.05) is 18.7 Å². The van der Waals surface area contributed by atoms with Crippen LogP contribution < -0.4 is 20.1 Å². The summed E-state index contributed by atoms with van der Waals surface area (Å²) in [5.74, 6) is -0.333. The quantitative estimate of drug-likeness (QED) is 0.555. The lowest BCUT2D eigenvalue weighted by Gasteiger charge is -2.25. The lowest BCUT2D eigenvalue weighted by Crippen LogP contribution is -2.27. The first-order valence-electron chi connectivity index (χ1n) is 9.92. The first-order valence-corrected chi connectivity index (χ1v) is 11.4. The molecule has 1 aromatic heterocycles. The summed E-state index contributed by atoms with van der Waals surface area (Å²) in [6.07, 6.45) is 4.21. The van der Waals surface area contributed by atoms with E-state index in [0.717, 1.165) is 37.4 Å². The van der Waals surface area contributed by atoms with Gasteiger partial charge in [0.25, 0.3) is 10.0 Å². The van der Waals surface area contributed by atoms with Crippen molar-refractivity contribution in [2.24, 2.45) is 5.73 Å². The second-order valence-corrected chi connectivity index (χ2v) is 9.47. The van der Waals surface area contributed by atoms with Gasteiger partial charge in [0.2, 0.25) is 5.95 Å². The van der Waals surface area contributed by atoms with Crippen LogP contribution in [-0.4, -0.2) is 32.7 Å². The predicted molar refractivity (Wildman–Crippen MR) is 113 cm³/mol. The van der Waals surface area contributed by atoms with Crippen molar-refractivity contribution < 1.29 is 17.5 Å². The Balaban J connectivity index is 1.51. The molecule has 2 heterocycles. The molecule has 9 heteroatoms. The smallest absolute Gasteiger partial charge is 0.263 e. The number of hydrogen-bond donors (Lipinski definition) is 2. The molecule has 1 aromatic carbocycles. The van der Waals surface area contributed by atoms with Crippen molar-refractivity contribution in [3.05, 3.63) is 53.5 Å². The van der Waals surface area contributed by atoms with Gasteiger partial charge in [0.1, 0.15) is 11.6 Å². The molecular weight excluding hydrogens is 407 g/mol. The maximum atomic E-state index is 13.2. The fraction of sp³-hybridized carbons (Fsp3) is 0.381. The lowest BCUT2D eigenvalue weighted by atomic mass is 9.88. The molecule has 1 saturated carbocycles. The fourth-order valence-electron chi connectivity index (χ4n) is 3.93. The first kappa shape index (κ1) is 20.6.